The van der Waals surface area contributed by atoms with E-state index in [4.69, 9.17) is 16.3 Å². The summed E-state index contributed by atoms with van der Waals surface area (Å²) in [6, 6.07) is 8.20. The van der Waals surface area contributed by atoms with Crippen LogP contribution in [0.5, 0.6) is 5.75 Å². The van der Waals surface area contributed by atoms with Gasteiger partial charge in [-0.05, 0) is 36.4 Å². The number of fused-ring (bicyclic) bond motifs is 1. The molecule has 0 atom stereocenters. The van der Waals surface area contributed by atoms with Crippen LogP contribution in [0.4, 0.5) is 5.69 Å². The van der Waals surface area contributed by atoms with Gasteiger partial charge in [0.1, 0.15) is 5.75 Å². The molecule has 0 saturated heterocycles. The molecule has 1 aliphatic rings. The first kappa shape index (κ1) is 20.8. The molecule has 2 N–H and O–H groups in total. The van der Waals surface area contributed by atoms with Crippen molar-refractivity contribution in [1.82, 2.24) is 9.62 Å². The minimum Gasteiger partial charge on any atom is -0.495 e. The van der Waals surface area contributed by atoms with Crippen LogP contribution < -0.4 is 15.4 Å². The largest absolute Gasteiger partial charge is 0.495 e. The van der Waals surface area contributed by atoms with Crippen molar-refractivity contribution in [2.75, 3.05) is 26.0 Å². The Morgan fingerprint density at radius 2 is 1.83 bits per heavy atom. The first-order chi connectivity index (χ1) is 13.6. The zero-order valence-corrected chi connectivity index (χ0v) is 16.9. The third-order valence-electron chi connectivity index (χ3n) is 4.22. The van der Waals surface area contributed by atoms with E-state index >= 15 is 0 Å². The first-order valence-corrected chi connectivity index (χ1v) is 10.0. The van der Waals surface area contributed by atoms with E-state index in [1.165, 1.54) is 32.4 Å². The van der Waals surface area contributed by atoms with E-state index in [2.05, 4.69) is 10.6 Å². The Hall–Kier alpha value is -2.95. The number of hydrogen-bond acceptors (Lipinski definition) is 6. The molecule has 0 radical (unpaired) electrons. The molecule has 2 aromatic rings. The number of amides is 3. The molecule has 3 rings (SSSR count). The number of benzene rings is 2. The molecule has 0 saturated carbocycles. The summed E-state index contributed by atoms with van der Waals surface area (Å²) in [4.78, 5) is 35.5. The first-order valence-electron chi connectivity index (χ1n) is 8.23. The SMILES string of the molecule is COc1ccc(Cl)cc1NC(=O)CN(C)S(=O)(=O)c1ccc2c(c1)C(=O)NC2=O. The molecular formula is C18H16ClN3O6S. The van der Waals surface area contributed by atoms with Gasteiger partial charge >= 0.3 is 0 Å². The number of nitrogens with one attached hydrogen (secondary N) is 2. The summed E-state index contributed by atoms with van der Waals surface area (Å²) in [6.07, 6.45) is 0. The van der Waals surface area contributed by atoms with E-state index in [0.717, 1.165) is 10.4 Å². The van der Waals surface area contributed by atoms with E-state index in [1.54, 1.807) is 12.1 Å². The zero-order chi connectivity index (χ0) is 21.3. The predicted octanol–water partition coefficient (Wildman–Crippen LogP) is 1.49. The second kappa shape index (κ2) is 7.82. The second-order valence-electron chi connectivity index (χ2n) is 6.14. The smallest absolute Gasteiger partial charge is 0.258 e. The maximum absolute atomic E-state index is 12.8. The van der Waals surface area contributed by atoms with Gasteiger partial charge in [0.25, 0.3) is 11.8 Å². The van der Waals surface area contributed by atoms with Crippen molar-refractivity contribution in [3.8, 4) is 5.75 Å². The topological polar surface area (TPSA) is 122 Å². The molecule has 0 spiro atoms. The number of hydrogen-bond donors (Lipinski definition) is 2. The molecule has 11 heteroatoms. The number of ether oxygens (including phenoxy) is 1. The molecular weight excluding hydrogens is 422 g/mol. The van der Waals surface area contributed by atoms with Gasteiger partial charge in [0.2, 0.25) is 15.9 Å². The zero-order valence-electron chi connectivity index (χ0n) is 15.4. The van der Waals surface area contributed by atoms with Gasteiger partial charge in [0.05, 0.1) is 35.4 Å². The van der Waals surface area contributed by atoms with Gasteiger partial charge in [-0.25, -0.2) is 8.42 Å². The normalized spacial score (nSPS) is 13.2. The number of rotatable bonds is 6. The van der Waals surface area contributed by atoms with Gasteiger partial charge in [0, 0.05) is 12.1 Å². The van der Waals surface area contributed by atoms with Crippen molar-refractivity contribution in [3.63, 3.8) is 0 Å². The molecule has 1 heterocycles. The van der Waals surface area contributed by atoms with Crippen LogP contribution >= 0.6 is 11.6 Å². The fourth-order valence-electron chi connectivity index (χ4n) is 2.74. The molecule has 0 unspecified atom stereocenters. The Kier molecular flexibility index (Phi) is 5.60. The Morgan fingerprint density at radius 1 is 1.14 bits per heavy atom. The second-order valence-corrected chi connectivity index (χ2v) is 8.63. The summed E-state index contributed by atoms with van der Waals surface area (Å²) in [5, 5.41) is 5.01. The van der Waals surface area contributed by atoms with Crippen LogP contribution in [0.25, 0.3) is 0 Å². The summed E-state index contributed by atoms with van der Waals surface area (Å²) >= 11 is 5.91. The van der Waals surface area contributed by atoms with Crippen LogP contribution in [0.15, 0.2) is 41.3 Å². The number of nitrogens with zero attached hydrogens (tertiary/aromatic N) is 1. The average Bonchev–Trinajstić information content (AvgIpc) is 2.95. The fraction of sp³-hybridized carbons (Fsp3) is 0.167. The van der Waals surface area contributed by atoms with Crippen LogP contribution in [0.1, 0.15) is 20.7 Å². The number of carbonyl (C=O) groups is 3. The van der Waals surface area contributed by atoms with Gasteiger partial charge in [-0.1, -0.05) is 11.6 Å². The monoisotopic (exact) mass is 437 g/mol. The highest BCUT2D eigenvalue weighted by Gasteiger charge is 2.30. The number of sulfonamides is 1. The number of halogens is 1. The van der Waals surface area contributed by atoms with Crippen molar-refractivity contribution < 1.29 is 27.5 Å². The van der Waals surface area contributed by atoms with Gasteiger partial charge < -0.3 is 10.1 Å². The van der Waals surface area contributed by atoms with Crippen LogP contribution in [-0.2, 0) is 14.8 Å². The van der Waals surface area contributed by atoms with Gasteiger partial charge in [-0.15, -0.1) is 0 Å². The standard InChI is InChI=1S/C18H16ClN3O6S/c1-22(9-16(23)20-14-7-10(19)3-6-15(14)28-2)29(26,27)11-4-5-12-13(8-11)18(25)21-17(12)24/h3-8H,9H2,1-2H3,(H,20,23)(H,21,24,25). The Balaban J connectivity index is 1.78. The Labute approximate surface area is 171 Å². The lowest BCUT2D eigenvalue weighted by molar-refractivity contribution is -0.116. The van der Waals surface area contributed by atoms with E-state index in [0.29, 0.717) is 16.5 Å². The molecule has 3 amide bonds. The fourth-order valence-corrected chi connectivity index (χ4v) is 4.07. The number of methoxy groups -OCH3 is 1. The maximum Gasteiger partial charge on any atom is 0.258 e. The number of carbonyl (C=O) groups excluding carboxylic acids is 3. The highest BCUT2D eigenvalue weighted by molar-refractivity contribution is 7.89. The highest BCUT2D eigenvalue weighted by Crippen LogP contribution is 2.28. The molecule has 0 bridgehead atoms. The minimum atomic E-state index is -4.09. The number of imide groups is 1. The van der Waals surface area contributed by atoms with E-state index in [1.807, 2.05) is 0 Å². The third kappa shape index (κ3) is 4.09. The lowest BCUT2D eigenvalue weighted by atomic mass is 10.1. The van der Waals surface area contributed by atoms with Crippen molar-refractivity contribution in [3.05, 3.63) is 52.5 Å². The molecule has 152 valence electrons. The molecule has 0 aliphatic carbocycles. The van der Waals surface area contributed by atoms with Crippen molar-refractivity contribution in [2.24, 2.45) is 0 Å². The third-order valence-corrected chi connectivity index (χ3v) is 6.25. The predicted molar refractivity (Wildman–Crippen MR) is 105 cm³/mol. The maximum atomic E-state index is 12.8. The van der Waals surface area contributed by atoms with Gasteiger partial charge in [-0.3, -0.25) is 19.7 Å². The van der Waals surface area contributed by atoms with Crippen LogP contribution in [0.2, 0.25) is 5.02 Å². The van der Waals surface area contributed by atoms with E-state index in [-0.39, 0.29) is 16.0 Å². The van der Waals surface area contributed by atoms with E-state index < -0.39 is 34.3 Å². The molecule has 9 nitrogen and oxygen atoms in total. The minimum absolute atomic E-state index is 0.0300. The molecule has 2 aromatic carbocycles. The molecule has 0 aromatic heterocycles. The van der Waals surface area contributed by atoms with Gasteiger partial charge in [0.15, 0.2) is 0 Å². The average molecular weight is 438 g/mol. The van der Waals surface area contributed by atoms with Crippen molar-refractivity contribution >= 4 is 45.0 Å². The molecule has 0 fully saturated rings. The summed E-state index contributed by atoms with van der Waals surface area (Å²) in [5.41, 5.74) is 0.364. The number of anilines is 1. The number of likely N-dealkylation sites (N-methyl/N-ethyl adjacent to an activating group) is 1. The van der Waals surface area contributed by atoms with Crippen molar-refractivity contribution in [1.29, 1.82) is 0 Å². The lowest BCUT2D eigenvalue weighted by Gasteiger charge is -2.18. The molecule has 1 aliphatic heterocycles. The van der Waals surface area contributed by atoms with Crippen LogP contribution in [0.3, 0.4) is 0 Å². The van der Waals surface area contributed by atoms with Crippen LogP contribution in [-0.4, -0.2) is 51.1 Å². The Morgan fingerprint density at radius 3 is 2.52 bits per heavy atom. The van der Waals surface area contributed by atoms with E-state index in [9.17, 15) is 22.8 Å². The summed E-state index contributed by atoms with van der Waals surface area (Å²) in [5.74, 6) is -1.51. The summed E-state index contributed by atoms with van der Waals surface area (Å²) in [7, 11) is -1.44. The summed E-state index contributed by atoms with van der Waals surface area (Å²) in [6.45, 7) is -0.500. The Bertz CT molecular complexity index is 1130. The lowest BCUT2D eigenvalue weighted by Crippen LogP contribution is -2.35. The highest BCUT2D eigenvalue weighted by atomic mass is 35.5. The summed E-state index contributed by atoms with van der Waals surface area (Å²) < 4.78 is 31.5. The van der Waals surface area contributed by atoms with Gasteiger partial charge in [-0.2, -0.15) is 4.31 Å². The molecule has 29 heavy (non-hydrogen) atoms. The van der Waals surface area contributed by atoms with Crippen molar-refractivity contribution in [2.45, 2.75) is 4.90 Å². The quantitative estimate of drug-likeness (QED) is 0.660. The van der Waals surface area contributed by atoms with Crippen LogP contribution in [0, 0.1) is 0 Å².